The Kier molecular flexibility index (Phi) is 5.44. The van der Waals surface area contributed by atoms with Gasteiger partial charge >= 0.3 is 0 Å². The van der Waals surface area contributed by atoms with E-state index in [1.165, 1.54) is 12.0 Å². The molecular weight excluding hydrogens is 348 g/mol. The first-order chi connectivity index (χ1) is 13.6. The summed E-state index contributed by atoms with van der Waals surface area (Å²) in [6, 6.07) is 10.9. The van der Waals surface area contributed by atoms with Crippen molar-refractivity contribution in [1.29, 1.82) is 0 Å². The van der Waals surface area contributed by atoms with E-state index in [-0.39, 0.29) is 5.91 Å². The van der Waals surface area contributed by atoms with Gasteiger partial charge in [0.15, 0.2) is 0 Å². The molecule has 0 aliphatic carbocycles. The third-order valence-corrected chi connectivity index (χ3v) is 6.55. The monoisotopic (exact) mass is 378 g/mol. The van der Waals surface area contributed by atoms with Gasteiger partial charge in [0.1, 0.15) is 5.69 Å². The van der Waals surface area contributed by atoms with Crippen LogP contribution in [0.5, 0.6) is 0 Å². The molecule has 1 spiro atoms. The van der Waals surface area contributed by atoms with Crippen LogP contribution in [0.25, 0.3) is 0 Å². The van der Waals surface area contributed by atoms with Gasteiger partial charge in [-0.25, -0.2) is 4.98 Å². The van der Waals surface area contributed by atoms with Crippen molar-refractivity contribution in [2.75, 3.05) is 32.7 Å². The Labute approximate surface area is 167 Å². The van der Waals surface area contributed by atoms with Gasteiger partial charge in [-0.05, 0) is 49.6 Å². The summed E-state index contributed by atoms with van der Waals surface area (Å²) in [6.45, 7) is 9.16. The van der Waals surface area contributed by atoms with Crippen LogP contribution in [0.2, 0.25) is 0 Å². The first-order valence-electron chi connectivity index (χ1n) is 10.4. The van der Waals surface area contributed by atoms with Crippen molar-refractivity contribution in [2.24, 2.45) is 5.41 Å². The van der Waals surface area contributed by atoms with Gasteiger partial charge in [-0.3, -0.25) is 9.78 Å². The lowest BCUT2D eigenvalue weighted by Gasteiger charge is -2.50. The highest BCUT2D eigenvalue weighted by molar-refractivity contribution is 5.92. The van der Waals surface area contributed by atoms with E-state index in [1.807, 2.05) is 11.8 Å². The molecule has 2 aliphatic rings. The van der Waals surface area contributed by atoms with Gasteiger partial charge in [-0.2, -0.15) is 0 Å². The Balaban J connectivity index is 1.45. The van der Waals surface area contributed by atoms with Crippen molar-refractivity contribution in [2.45, 2.75) is 39.0 Å². The van der Waals surface area contributed by atoms with E-state index in [0.29, 0.717) is 17.0 Å². The van der Waals surface area contributed by atoms with Crippen molar-refractivity contribution >= 4 is 5.91 Å². The number of carbonyl (C=O) groups is 1. The number of aryl methyl sites for hydroxylation is 1. The van der Waals surface area contributed by atoms with E-state index < -0.39 is 0 Å². The largest absolute Gasteiger partial charge is 0.337 e. The third-order valence-electron chi connectivity index (χ3n) is 6.55. The van der Waals surface area contributed by atoms with Gasteiger partial charge in [0, 0.05) is 32.4 Å². The van der Waals surface area contributed by atoms with E-state index in [2.05, 4.69) is 52.1 Å². The number of nitrogens with zero attached hydrogens (tertiary/aromatic N) is 4. The predicted molar refractivity (Wildman–Crippen MR) is 110 cm³/mol. The van der Waals surface area contributed by atoms with E-state index in [9.17, 15) is 4.79 Å². The number of hydrogen-bond acceptors (Lipinski definition) is 4. The highest BCUT2D eigenvalue weighted by atomic mass is 16.2. The average Bonchev–Trinajstić information content (AvgIpc) is 2.74. The molecule has 0 N–H and O–H groups in total. The van der Waals surface area contributed by atoms with Crippen LogP contribution < -0.4 is 0 Å². The van der Waals surface area contributed by atoms with Crippen LogP contribution in [0.4, 0.5) is 0 Å². The Morgan fingerprint density at radius 3 is 2.54 bits per heavy atom. The number of rotatable bonds is 3. The number of carbonyl (C=O) groups excluding carboxylic acids is 1. The zero-order valence-corrected chi connectivity index (χ0v) is 17.0. The fourth-order valence-corrected chi connectivity index (χ4v) is 4.90. The molecule has 3 heterocycles. The molecule has 0 saturated carbocycles. The minimum atomic E-state index is 0.0186. The average molecular weight is 379 g/mol. The lowest BCUT2D eigenvalue weighted by Crippen LogP contribution is -2.52. The molecule has 2 saturated heterocycles. The molecule has 4 rings (SSSR count). The number of aromatic nitrogens is 2. The van der Waals surface area contributed by atoms with Crippen molar-refractivity contribution in [3.05, 3.63) is 59.7 Å². The fraction of sp³-hybridized carbons (Fsp3) is 0.522. The van der Waals surface area contributed by atoms with Crippen LogP contribution in [0.1, 0.15) is 53.8 Å². The molecule has 2 fully saturated rings. The zero-order chi connectivity index (χ0) is 19.6. The van der Waals surface area contributed by atoms with Crippen LogP contribution in [0.3, 0.4) is 0 Å². The molecule has 28 heavy (non-hydrogen) atoms. The van der Waals surface area contributed by atoms with Crippen molar-refractivity contribution in [1.82, 2.24) is 19.8 Å². The summed E-state index contributed by atoms with van der Waals surface area (Å²) in [4.78, 5) is 25.9. The molecule has 1 aromatic heterocycles. The van der Waals surface area contributed by atoms with E-state index >= 15 is 0 Å². The molecule has 1 amide bonds. The second-order valence-corrected chi connectivity index (χ2v) is 8.47. The van der Waals surface area contributed by atoms with Crippen molar-refractivity contribution < 1.29 is 4.79 Å². The molecule has 0 bridgehead atoms. The molecule has 5 nitrogen and oxygen atoms in total. The molecule has 1 aromatic carbocycles. The SMILES string of the molecule is CCN1CC(c2ccccc2)CC2(CCN(C(=O)c3cnc(C)cn3)CC2)C1. The van der Waals surface area contributed by atoms with Crippen molar-refractivity contribution in [3.8, 4) is 0 Å². The Hall–Kier alpha value is -2.27. The maximum absolute atomic E-state index is 12.8. The molecule has 5 heteroatoms. The van der Waals surface area contributed by atoms with Crippen LogP contribution in [-0.2, 0) is 0 Å². The number of likely N-dealkylation sites (N-methyl/N-ethyl adjacent to an activating group) is 1. The van der Waals surface area contributed by atoms with Gasteiger partial charge in [0.25, 0.3) is 5.91 Å². The topological polar surface area (TPSA) is 49.3 Å². The molecule has 2 aliphatic heterocycles. The maximum Gasteiger partial charge on any atom is 0.274 e. The number of amides is 1. The van der Waals surface area contributed by atoms with Gasteiger partial charge in [0.05, 0.1) is 11.9 Å². The number of piperidine rings is 2. The normalized spacial score (nSPS) is 22.4. The van der Waals surface area contributed by atoms with Crippen LogP contribution in [-0.4, -0.2) is 58.4 Å². The second kappa shape index (κ2) is 8.00. The highest BCUT2D eigenvalue weighted by Gasteiger charge is 2.42. The minimum absolute atomic E-state index is 0.0186. The Morgan fingerprint density at radius 2 is 1.89 bits per heavy atom. The summed E-state index contributed by atoms with van der Waals surface area (Å²) in [5, 5.41) is 0. The number of hydrogen-bond donors (Lipinski definition) is 0. The summed E-state index contributed by atoms with van der Waals surface area (Å²) in [5.74, 6) is 0.602. The second-order valence-electron chi connectivity index (χ2n) is 8.47. The Bertz CT molecular complexity index is 797. The summed E-state index contributed by atoms with van der Waals surface area (Å²) in [7, 11) is 0. The smallest absolute Gasteiger partial charge is 0.274 e. The summed E-state index contributed by atoms with van der Waals surface area (Å²) >= 11 is 0. The Morgan fingerprint density at radius 1 is 1.14 bits per heavy atom. The van der Waals surface area contributed by atoms with Crippen LogP contribution in [0, 0.1) is 12.3 Å². The van der Waals surface area contributed by atoms with Crippen molar-refractivity contribution in [3.63, 3.8) is 0 Å². The van der Waals surface area contributed by atoms with Crippen LogP contribution in [0.15, 0.2) is 42.7 Å². The zero-order valence-electron chi connectivity index (χ0n) is 17.0. The summed E-state index contributed by atoms with van der Waals surface area (Å²) in [5.41, 5.74) is 3.06. The van der Waals surface area contributed by atoms with Crippen LogP contribution >= 0.6 is 0 Å². The number of likely N-dealkylation sites (tertiary alicyclic amines) is 2. The lowest BCUT2D eigenvalue weighted by molar-refractivity contribution is 0.0156. The van der Waals surface area contributed by atoms with E-state index in [1.54, 1.807) is 12.4 Å². The first-order valence-corrected chi connectivity index (χ1v) is 10.4. The molecular formula is C23H30N4O. The summed E-state index contributed by atoms with van der Waals surface area (Å²) < 4.78 is 0. The maximum atomic E-state index is 12.8. The van der Waals surface area contributed by atoms with Gasteiger partial charge < -0.3 is 9.80 Å². The quantitative estimate of drug-likeness (QED) is 0.820. The third kappa shape index (κ3) is 3.95. The molecule has 2 aromatic rings. The minimum Gasteiger partial charge on any atom is -0.337 e. The summed E-state index contributed by atoms with van der Waals surface area (Å²) in [6.07, 6.45) is 6.63. The van der Waals surface area contributed by atoms with E-state index in [4.69, 9.17) is 0 Å². The molecule has 1 atom stereocenters. The predicted octanol–water partition coefficient (Wildman–Crippen LogP) is 3.52. The molecule has 1 unspecified atom stereocenters. The standard InChI is InChI=1S/C23H30N4O/c1-3-26-16-20(19-7-5-4-6-8-19)13-23(17-26)9-11-27(12-10-23)22(28)21-15-24-18(2)14-25-21/h4-8,14-15,20H,3,9-13,16-17H2,1-2H3. The van der Waals surface area contributed by atoms with Gasteiger partial charge in [-0.1, -0.05) is 37.3 Å². The number of benzene rings is 1. The molecule has 0 radical (unpaired) electrons. The van der Waals surface area contributed by atoms with Gasteiger partial charge in [-0.15, -0.1) is 0 Å². The molecule has 148 valence electrons. The van der Waals surface area contributed by atoms with Gasteiger partial charge in [0.2, 0.25) is 0 Å². The first kappa shape index (κ1) is 19.1. The lowest BCUT2D eigenvalue weighted by atomic mass is 9.68. The highest BCUT2D eigenvalue weighted by Crippen LogP contribution is 2.45. The fourth-order valence-electron chi connectivity index (χ4n) is 4.90. The van der Waals surface area contributed by atoms with E-state index in [0.717, 1.165) is 51.3 Å².